The summed E-state index contributed by atoms with van der Waals surface area (Å²) in [7, 11) is 2.20. The van der Waals surface area contributed by atoms with Crippen LogP contribution in [0.1, 0.15) is 33.6 Å². The summed E-state index contributed by atoms with van der Waals surface area (Å²) in [5.74, 6) is 1.29. The average molecular weight is 295 g/mol. The van der Waals surface area contributed by atoms with Gasteiger partial charge in [0.1, 0.15) is 5.60 Å². The van der Waals surface area contributed by atoms with Crippen LogP contribution in [0.25, 0.3) is 0 Å². The molecule has 3 aliphatic rings. The summed E-state index contributed by atoms with van der Waals surface area (Å²) in [6, 6.07) is 1.26. The van der Waals surface area contributed by atoms with E-state index >= 15 is 0 Å². The number of amides is 1. The van der Waals surface area contributed by atoms with Gasteiger partial charge in [0.15, 0.2) is 0 Å². The second kappa shape index (κ2) is 5.43. The van der Waals surface area contributed by atoms with Crippen molar-refractivity contribution in [1.29, 1.82) is 0 Å². The first-order chi connectivity index (χ1) is 9.83. The summed E-state index contributed by atoms with van der Waals surface area (Å²) < 4.78 is 5.45. The van der Waals surface area contributed by atoms with Crippen molar-refractivity contribution < 1.29 is 9.53 Å². The van der Waals surface area contributed by atoms with E-state index in [1.54, 1.807) is 0 Å². The number of nitrogens with zero attached hydrogens (tertiary/aromatic N) is 2. The highest BCUT2D eigenvalue weighted by molar-refractivity contribution is 5.69. The van der Waals surface area contributed by atoms with Crippen LogP contribution >= 0.6 is 0 Å². The lowest BCUT2D eigenvalue weighted by Gasteiger charge is -2.31. The first-order valence-electron chi connectivity index (χ1n) is 8.26. The predicted octanol–water partition coefficient (Wildman–Crippen LogP) is 1.54. The van der Waals surface area contributed by atoms with E-state index in [1.165, 1.54) is 19.4 Å². The number of likely N-dealkylation sites (tertiary alicyclic amines) is 2. The molecule has 2 saturated heterocycles. The van der Waals surface area contributed by atoms with E-state index in [9.17, 15) is 4.79 Å². The normalized spacial score (nSPS) is 36.5. The number of fused-ring (bicyclic) bond motifs is 1. The maximum Gasteiger partial charge on any atom is 0.410 e. The molecule has 5 nitrogen and oxygen atoms in total. The Bertz CT molecular complexity index is 395. The van der Waals surface area contributed by atoms with Crippen molar-refractivity contribution in [3.63, 3.8) is 0 Å². The molecule has 1 saturated carbocycles. The maximum atomic E-state index is 12.0. The maximum absolute atomic E-state index is 12.0. The number of hydrogen-bond donors (Lipinski definition) is 1. The Balaban J connectivity index is 1.43. The largest absolute Gasteiger partial charge is 0.444 e. The highest BCUT2D eigenvalue weighted by atomic mass is 16.6. The molecule has 3 unspecified atom stereocenters. The van der Waals surface area contributed by atoms with E-state index < -0.39 is 5.60 Å². The smallest absolute Gasteiger partial charge is 0.410 e. The lowest BCUT2D eigenvalue weighted by atomic mass is 10.1. The number of likely N-dealkylation sites (N-methyl/N-ethyl adjacent to an activating group) is 1. The van der Waals surface area contributed by atoms with Crippen LogP contribution < -0.4 is 5.32 Å². The third kappa shape index (κ3) is 3.51. The van der Waals surface area contributed by atoms with Crippen molar-refractivity contribution in [2.24, 2.45) is 11.8 Å². The van der Waals surface area contributed by atoms with Crippen molar-refractivity contribution in [2.45, 2.75) is 51.3 Å². The molecule has 0 spiro atoms. The van der Waals surface area contributed by atoms with E-state index in [1.807, 2.05) is 25.7 Å². The number of carbonyl (C=O) groups excluding carboxylic acids is 1. The SMILES string of the molecule is CN1CCCC(NC2C3CN(C(=O)OC(C)(C)C)CC32)C1. The first-order valence-corrected chi connectivity index (χ1v) is 8.26. The zero-order valence-corrected chi connectivity index (χ0v) is 13.8. The van der Waals surface area contributed by atoms with E-state index in [4.69, 9.17) is 4.74 Å². The monoisotopic (exact) mass is 295 g/mol. The third-order valence-electron chi connectivity index (χ3n) is 4.90. The van der Waals surface area contributed by atoms with Gasteiger partial charge < -0.3 is 19.9 Å². The molecule has 1 aliphatic carbocycles. The standard InChI is InChI=1S/C16H29N3O2/c1-16(2,3)21-15(20)19-9-12-13(10-19)14(12)17-11-6-5-7-18(4)8-11/h11-14,17H,5-10H2,1-4H3. The number of ether oxygens (including phenoxy) is 1. The Morgan fingerprint density at radius 3 is 2.43 bits per heavy atom. The molecule has 3 rings (SSSR count). The molecule has 0 bridgehead atoms. The zero-order valence-electron chi connectivity index (χ0n) is 13.8. The van der Waals surface area contributed by atoms with Crippen LogP contribution in [0.5, 0.6) is 0 Å². The zero-order chi connectivity index (χ0) is 15.2. The van der Waals surface area contributed by atoms with Crippen molar-refractivity contribution in [3.8, 4) is 0 Å². The third-order valence-corrected chi connectivity index (χ3v) is 4.90. The predicted molar refractivity (Wildman–Crippen MR) is 82.2 cm³/mol. The van der Waals surface area contributed by atoms with Crippen LogP contribution in [0.3, 0.4) is 0 Å². The van der Waals surface area contributed by atoms with Crippen molar-refractivity contribution in [2.75, 3.05) is 33.2 Å². The number of hydrogen-bond acceptors (Lipinski definition) is 4. The second-order valence-corrected chi connectivity index (χ2v) is 8.01. The summed E-state index contributed by atoms with van der Waals surface area (Å²) in [4.78, 5) is 16.3. The van der Waals surface area contributed by atoms with Crippen LogP contribution in [0.4, 0.5) is 4.79 Å². The van der Waals surface area contributed by atoms with Gasteiger partial charge in [0.25, 0.3) is 0 Å². The molecule has 2 aliphatic heterocycles. The molecule has 3 fully saturated rings. The summed E-state index contributed by atoms with van der Waals surface area (Å²) >= 11 is 0. The molecule has 0 aromatic heterocycles. The molecule has 21 heavy (non-hydrogen) atoms. The van der Waals surface area contributed by atoms with Gasteiger partial charge in [-0.2, -0.15) is 0 Å². The Labute approximate surface area is 128 Å². The molecular weight excluding hydrogens is 266 g/mol. The van der Waals surface area contributed by atoms with E-state index in [-0.39, 0.29) is 6.09 Å². The minimum absolute atomic E-state index is 0.147. The van der Waals surface area contributed by atoms with Crippen LogP contribution in [0.2, 0.25) is 0 Å². The van der Waals surface area contributed by atoms with Gasteiger partial charge in [-0.3, -0.25) is 0 Å². The Morgan fingerprint density at radius 1 is 1.19 bits per heavy atom. The van der Waals surface area contributed by atoms with Crippen molar-refractivity contribution >= 4 is 6.09 Å². The highest BCUT2D eigenvalue weighted by Crippen LogP contribution is 2.46. The fraction of sp³-hybridized carbons (Fsp3) is 0.938. The van der Waals surface area contributed by atoms with Gasteiger partial charge in [-0.25, -0.2) is 4.79 Å². The fourth-order valence-corrected chi connectivity index (χ4v) is 3.82. The van der Waals surface area contributed by atoms with Crippen LogP contribution in [-0.4, -0.2) is 66.8 Å². The average Bonchev–Trinajstić information content (AvgIpc) is 2.83. The second-order valence-electron chi connectivity index (χ2n) is 8.01. The number of nitrogens with one attached hydrogen (secondary N) is 1. The molecule has 120 valence electrons. The fourth-order valence-electron chi connectivity index (χ4n) is 3.82. The Morgan fingerprint density at radius 2 is 1.86 bits per heavy atom. The highest BCUT2D eigenvalue weighted by Gasteiger charge is 2.57. The van der Waals surface area contributed by atoms with Crippen molar-refractivity contribution in [1.82, 2.24) is 15.1 Å². The minimum Gasteiger partial charge on any atom is -0.444 e. The van der Waals surface area contributed by atoms with Gasteiger partial charge in [0.05, 0.1) is 0 Å². The van der Waals surface area contributed by atoms with E-state index in [0.29, 0.717) is 23.9 Å². The van der Waals surface area contributed by atoms with Crippen LogP contribution in [-0.2, 0) is 4.74 Å². The van der Waals surface area contributed by atoms with E-state index in [2.05, 4.69) is 17.3 Å². The number of rotatable bonds is 2. The summed E-state index contributed by atoms with van der Waals surface area (Å²) in [6.07, 6.45) is 2.43. The van der Waals surface area contributed by atoms with Crippen LogP contribution in [0.15, 0.2) is 0 Å². The van der Waals surface area contributed by atoms with Gasteiger partial charge in [-0.05, 0) is 59.0 Å². The molecule has 1 amide bonds. The quantitative estimate of drug-likeness (QED) is 0.839. The molecular formula is C16H29N3O2. The van der Waals surface area contributed by atoms with E-state index in [0.717, 1.165) is 19.6 Å². The summed E-state index contributed by atoms with van der Waals surface area (Å²) in [5.41, 5.74) is -0.395. The number of piperidine rings is 2. The van der Waals surface area contributed by atoms with Gasteiger partial charge in [-0.1, -0.05) is 0 Å². The van der Waals surface area contributed by atoms with Gasteiger partial charge in [0, 0.05) is 31.7 Å². The number of carbonyl (C=O) groups is 1. The summed E-state index contributed by atoms with van der Waals surface area (Å²) in [6.45, 7) is 9.87. The van der Waals surface area contributed by atoms with Gasteiger partial charge in [0.2, 0.25) is 0 Å². The topological polar surface area (TPSA) is 44.8 Å². The van der Waals surface area contributed by atoms with Crippen molar-refractivity contribution in [3.05, 3.63) is 0 Å². The Hall–Kier alpha value is -0.810. The molecule has 5 heteroatoms. The first kappa shape index (κ1) is 15.1. The van der Waals surface area contributed by atoms with Gasteiger partial charge in [-0.15, -0.1) is 0 Å². The molecule has 0 radical (unpaired) electrons. The summed E-state index contributed by atoms with van der Waals surface area (Å²) in [5, 5.41) is 3.81. The molecule has 1 N–H and O–H groups in total. The minimum atomic E-state index is -0.395. The van der Waals surface area contributed by atoms with Gasteiger partial charge >= 0.3 is 6.09 Å². The Kier molecular flexibility index (Phi) is 3.91. The van der Waals surface area contributed by atoms with Crippen LogP contribution in [0, 0.1) is 11.8 Å². The molecule has 0 aromatic carbocycles. The molecule has 3 atom stereocenters. The lowest BCUT2D eigenvalue weighted by Crippen LogP contribution is -2.47. The lowest BCUT2D eigenvalue weighted by molar-refractivity contribution is 0.0268. The molecule has 2 heterocycles. The molecule has 0 aromatic rings.